The summed E-state index contributed by atoms with van der Waals surface area (Å²) in [7, 11) is 1.34. The van der Waals surface area contributed by atoms with Crippen LogP contribution in [0.3, 0.4) is 0 Å². The fraction of sp³-hybridized carbons (Fsp3) is 0.400. The molecule has 0 saturated carbocycles. The molecule has 27 heavy (non-hydrogen) atoms. The molecule has 2 aromatic rings. The van der Waals surface area contributed by atoms with Crippen LogP contribution in [-0.2, 0) is 14.3 Å². The third kappa shape index (κ3) is 4.74. The number of carbonyl (C=O) groups is 2. The van der Waals surface area contributed by atoms with Gasteiger partial charge in [-0.1, -0.05) is 30.3 Å². The molecule has 2 heterocycles. The number of morpholine rings is 1. The second-order valence-electron chi connectivity index (χ2n) is 6.71. The summed E-state index contributed by atoms with van der Waals surface area (Å²) >= 11 is 1.33. The van der Waals surface area contributed by atoms with Crippen molar-refractivity contribution >= 4 is 28.2 Å². The van der Waals surface area contributed by atoms with Gasteiger partial charge in [-0.25, -0.2) is 4.79 Å². The van der Waals surface area contributed by atoms with Gasteiger partial charge in [-0.2, -0.15) is 0 Å². The lowest BCUT2D eigenvalue weighted by molar-refractivity contribution is -0.121. The number of hydrogen-bond donors (Lipinski definition) is 1. The van der Waals surface area contributed by atoms with Crippen LogP contribution in [0.5, 0.6) is 0 Å². The number of carbonyl (C=O) groups excluding carboxylic acids is 2. The third-order valence-corrected chi connectivity index (χ3v) is 5.28. The maximum absolute atomic E-state index is 12.6. The van der Waals surface area contributed by atoms with Crippen molar-refractivity contribution in [1.29, 1.82) is 0 Å². The van der Waals surface area contributed by atoms with E-state index in [1.807, 2.05) is 49.6 Å². The molecule has 0 bridgehead atoms. The van der Waals surface area contributed by atoms with Crippen molar-refractivity contribution in [2.24, 2.45) is 0 Å². The number of esters is 1. The summed E-state index contributed by atoms with van der Waals surface area (Å²) in [6, 6.07) is 9.59. The van der Waals surface area contributed by atoms with Gasteiger partial charge in [-0.15, -0.1) is 11.3 Å². The lowest BCUT2D eigenvalue weighted by Crippen LogP contribution is -2.48. The van der Waals surface area contributed by atoms with Gasteiger partial charge in [0.05, 0.1) is 25.9 Å². The van der Waals surface area contributed by atoms with E-state index in [0.29, 0.717) is 23.7 Å². The summed E-state index contributed by atoms with van der Waals surface area (Å²) in [4.78, 5) is 27.0. The minimum absolute atomic E-state index is 0.0959. The molecule has 0 unspecified atom stereocenters. The summed E-state index contributed by atoms with van der Waals surface area (Å²) in [5.41, 5.74) is 2.06. The fourth-order valence-corrected chi connectivity index (χ4v) is 4.34. The average Bonchev–Trinajstić information content (AvgIpc) is 3.04. The zero-order valence-electron chi connectivity index (χ0n) is 15.7. The highest BCUT2D eigenvalue weighted by Gasteiger charge is 2.26. The Morgan fingerprint density at radius 1 is 1.22 bits per heavy atom. The first-order chi connectivity index (χ1) is 13.0. The molecule has 6 nitrogen and oxygen atoms in total. The molecule has 1 aromatic carbocycles. The molecule has 1 fully saturated rings. The lowest BCUT2D eigenvalue weighted by Gasteiger charge is -2.34. The van der Waals surface area contributed by atoms with Crippen LogP contribution in [0.4, 0.5) is 5.00 Å². The Hall–Kier alpha value is -2.22. The molecular formula is C20H24N2O4S. The van der Waals surface area contributed by atoms with Crippen LogP contribution < -0.4 is 5.32 Å². The van der Waals surface area contributed by atoms with E-state index in [1.165, 1.54) is 18.4 Å². The van der Waals surface area contributed by atoms with Crippen LogP contribution in [0.25, 0.3) is 11.1 Å². The summed E-state index contributed by atoms with van der Waals surface area (Å²) in [5, 5.41) is 5.27. The maximum Gasteiger partial charge on any atom is 0.341 e. The van der Waals surface area contributed by atoms with Crippen LogP contribution in [0.15, 0.2) is 35.7 Å². The molecule has 0 spiro atoms. The second kappa shape index (κ2) is 8.65. The summed E-state index contributed by atoms with van der Waals surface area (Å²) in [6.07, 6.45) is 0.192. The van der Waals surface area contributed by atoms with E-state index in [9.17, 15) is 9.59 Å². The zero-order valence-corrected chi connectivity index (χ0v) is 16.5. The van der Waals surface area contributed by atoms with Gasteiger partial charge >= 0.3 is 5.97 Å². The predicted octanol–water partition coefficient (Wildman–Crippen LogP) is 3.25. The number of methoxy groups -OCH3 is 1. The highest BCUT2D eigenvalue weighted by Crippen LogP contribution is 2.36. The smallest absolute Gasteiger partial charge is 0.341 e. The number of hydrogen-bond acceptors (Lipinski definition) is 6. The Labute approximate surface area is 163 Å². The van der Waals surface area contributed by atoms with Crippen molar-refractivity contribution < 1.29 is 19.1 Å². The maximum atomic E-state index is 12.6. The van der Waals surface area contributed by atoms with Gasteiger partial charge in [-0.3, -0.25) is 9.69 Å². The Kier molecular flexibility index (Phi) is 6.26. The van der Waals surface area contributed by atoms with Gasteiger partial charge in [0.1, 0.15) is 10.6 Å². The zero-order chi connectivity index (χ0) is 19.4. The molecule has 2 atom stereocenters. The minimum Gasteiger partial charge on any atom is -0.465 e. The van der Waals surface area contributed by atoms with Gasteiger partial charge < -0.3 is 14.8 Å². The van der Waals surface area contributed by atoms with Crippen LogP contribution in [-0.4, -0.2) is 55.7 Å². The molecule has 144 valence electrons. The molecule has 7 heteroatoms. The van der Waals surface area contributed by atoms with Gasteiger partial charge in [0, 0.05) is 24.0 Å². The number of rotatable bonds is 5. The van der Waals surface area contributed by atoms with Crippen molar-refractivity contribution in [3.05, 3.63) is 41.3 Å². The highest BCUT2D eigenvalue weighted by atomic mass is 32.1. The summed E-state index contributed by atoms with van der Waals surface area (Å²) < 4.78 is 10.6. The number of nitrogens with zero attached hydrogens (tertiary/aromatic N) is 1. The topological polar surface area (TPSA) is 67.9 Å². The molecule has 3 rings (SSSR count). The third-order valence-electron chi connectivity index (χ3n) is 4.38. The normalized spacial score (nSPS) is 20.3. The molecule has 0 aliphatic carbocycles. The van der Waals surface area contributed by atoms with E-state index < -0.39 is 5.97 Å². The monoisotopic (exact) mass is 388 g/mol. The van der Waals surface area contributed by atoms with Crippen LogP contribution in [0.2, 0.25) is 0 Å². The van der Waals surface area contributed by atoms with E-state index in [0.717, 1.165) is 11.1 Å². The molecular weight excluding hydrogens is 364 g/mol. The van der Waals surface area contributed by atoms with Crippen molar-refractivity contribution in [3.63, 3.8) is 0 Å². The van der Waals surface area contributed by atoms with Gasteiger partial charge in [0.15, 0.2) is 0 Å². The number of thiophene rings is 1. The SMILES string of the molecule is COC(=O)c1c(-c2ccccc2)csc1NC(=O)CN1C[C@@H](C)O[C@H](C)C1. The van der Waals surface area contributed by atoms with Crippen LogP contribution >= 0.6 is 11.3 Å². The number of nitrogens with one attached hydrogen (secondary N) is 1. The Bertz CT molecular complexity index is 796. The molecule has 1 N–H and O–H groups in total. The minimum atomic E-state index is -0.459. The summed E-state index contributed by atoms with van der Waals surface area (Å²) in [6.45, 7) is 5.68. The number of benzene rings is 1. The van der Waals surface area contributed by atoms with E-state index in [4.69, 9.17) is 9.47 Å². The van der Waals surface area contributed by atoms with Crippen molar-refractivity contribution in [2.45, 2.75) is 26.1 Å². The van der Waals surface area contributed by atoms with Crippen molar-refractivity contribution in [2.75, 3.05) is 32.1 Å². The Morgan fingerprint density at radius 3 is 2.52 bits per heavy atom. The fourth-order valence-electron chi connectivity index (χ4n) is 3.37. The quantitative estimate of drug-likeness (QED) is 0.797. The number of ether oxygens (including phenoxy) is 2. The van der Waals surface area contributed by atoms with E-state index >= 15 is 0 Å². The highest BCUT2D eigenvalue weighted by molar-refractivity contribution is 7.15. The lowest BCUT2D eigenvalue weighted by atomic mass is 10.0. The second-order valence-corrected chi connectivity index (χ2v) is 7.59. The molecule has 0 radical (unpaired) electrons. The molecule has 1 aliphatic heterocycles. The van der Waals surface area contributed by atoms with Gasteiger partial charge in [0.25, 0.3) is 0 Å². The first kappa shape index (κ1) is 19.5. The number of amides is 1. The van der Waals surface area contributed by atoms with Gasteiger partial charge in [-0.05, 0) is 19.4 Å². The average molecular weight is 388 g/mol. The van der Waals surface area contributed by atoms with E-state index in [-0.39, 0.29) is 24.7 Å². The van der Waals surface area contributed by atoms with E-state index in [2.05, 4.69) is 10.2 Å². The standard InChI is InChI=1S/C20H24N2O4S/c1-13-9-22(10-14(2)26-13)11-17(23)21-19-18(20(24)25-3)16(12-27-19)15-7-5-4-6-8-15/h4-8,12-14H,9-11H2,1-3H3,(H,21,23)/t13-,14-/m1/s1. The first-order valence-electron chi connectivity index (χ1n) is 8.90. The number of anilines is 1. The van der Waals surface area contributed by atoms with Crippen molar-refractivity contribution in [1.82, 2.24) is 4.90 Å². The van der Waals surface area contributed by atoms with Crippen LogP contribution in [0, 0.1) is 0 Å². The molecule has 1 aromatic heterocycles. The predicted molar refractivity (Wildman–Crippen MR) is 106 cm³/mol. The Balaban J connectivity index is 1.77. The Morgan fingerprint density at radius 2 is 1.89 bits per heavy atom. The van der Waals surface area contributed by atoms with Gasteiger partial charge in [0.2, 0.25) is 5.91 Å². The molecule has 1 aliphatic rings. The van der Waals surface area contributed by atoms with Crippen LogP contribution in [0.1, 0.15) is 24.2 Å². The first-order valence-corrected chi connectivity index (χ1v) is 9.78. The summed E-state index contributed by atoms with van der Waals surface area (Å²) in [5.74, 6) is -0.609. The molecule has 1 saturated heterocycles. The molecule has 1 amide bonds. The van der Waals surface area contributed by atoms with Crippen molar-refractivity contribution in [3.8, 4) is 11.1 Å². The largest absolute Gasteiger partial charge is 0.465 e. The van der Waals surface area contributed by atoms with E-state index in [1.54, 1.807) is 0 Å².